The second-order valence-electron chi connectivity index (χ2n) is 6.40. The Labute approximate surface area is 123 Å². The number of hydrogen-bond acceptors (Lipinski definition) is 3. The molecule has 3 heteroatoms. The zero-order valence-corrected chi connectivity index (χ0v) is 13.3. The van der Waals surface area contributed by atoms with Crippen LogP contribution in [0.5, 0.6) is 5.75 Å². The van der Waals surface area contributed by atoms with E-state index in [1.165, 1.54) is 18.4 Å². The average Bonchev–Trinajstić information content (AvgIpc) is 2.41. The summed E-state index contributed by atoms with van der Waals surface area (Å²) in [5, 5.41) is 3.45. The van der Waals surface area contributed by atoms with Crippen LogP contribution < -0.4 is 10.1 Å². The molecule has 1 saturated heterocycles. The summed E-state index contributed by atoms with van der Waals surface area (Å²) < 4.78 is 5.77. The van der Waals surface area contributed by atoms with Crippen LogP contribution in [-0.4, -0.2) is 36.7 Å². The number of likely N-dealkylation sites (tertiary alicyclic amines) is 1. The molecule has 3 nitrogen and oxygen atoms in total. The summed E-state index contributed by atoms with van der Waals surface area (Å²) >= 11 is 0. The number of nitrogens with one attached hydrogen (secondary N) is 1. The number of ether oxygens (including phenoxy) is 1. The lowest BCUT2D eigenvalue weighted by atomic mass is 9.90. The second-order valence-corrected chi connectivity index (χ2v) is 6.40. The highest BCUT2D eigenvalue weighted by atomic mass is 16.5. The summed E-state index contributed by atoms with van der Waals surface area (Å²) in [6.45, 7) is 9.79. The Morgan fingerprint density at radius 3 is 2.60 bits per heavy atom. The first-order chi connectivity index (χ1) is 9.50. The molecule has 1 aliphatic rings. The van der Waals surface area contributed by atoms with E-state index in [9.17, 15) is 0 Å². The lowest BCUT2D eigenvalue weighted by molar-refractivity contribution is 0.146. The fourth-order valence-corrected chi connectivity index (χ4v) is 2.70. The van der Waals surface area contributed by atoms with Crippen LogP contribution in [0.3, 0.4) is 0 Å². The van der Waals surface area contributed by atoms with Crippen molar-refractivity contribution in [3.63, 3.8) is 0 Å². The monoisotopic (exact) mass is 276 g/mol. The van der Waals surface area contributed by atoms with Crippen LogP contribution in [0.2, 0.25) is 0 Å². The number of benzene rings is 1. The molecule has 1 aromatic carbocycles. The van der Waals surface area contributed by atoms with Crippen LogP contribution in [0.25, 0.3) is 0 Å². The van der Waals surface area contributed by atoms with Gasteiger partial charge < -0.3 is 10.1 Å². The quantitative estimate of drug-likeness (QED) is 0.894. The van der Waals surface area contributed by atoms with Gasteiger partial charge in [0, 0.05) is 25.2 Å². The minimum Gasteiger partial charge on any atom is -0.491 e. The van der Waals surface area contributed by atoms with Crippen molar-refractivity contribution in [1.29, 1.82) is 0 Å². The lowest BCUT2D eigenvalue weighted by Gasteiger charge is -2.39. The molecule has 0 atom stereocenters. The predicted octanol–water partition coefficient (Wildman–Crippen LogP) is 3.05. The molecule has 0 aliphatic carbocycles. The zero-order chi connectivity index (χ0) is 14.6. The maximum absolute atomic E-state index is 5.77. The van der Waals surface area contributed by atoms with Crippen molar-refractivity contribution in [1.82, 2.24) is 10.2 Å². The van der Waals surface area contributed by atoms with Gasteiger partial charge in [-0.1, -0.05) is 12.1 Å². The molecule has 20 heavy (non-hydrogen) atoms. The Kier molecular flexibility index (Phi) is 5.06. The fourth-order valence-electron chi connectivity index (χ4n) is 2.70. The molecule has 1 N–H and O–H groups in total. The zero-order valence-electron chi connectivity index (χ0n) is 13.3. The molecule has 0 amide bonds. The van der Waals surface area contributed by atoms with Crippen molar-refractivity contribution in [2.75, 3.05) is 20.1 Å². The third kappa shape index (κ3) is 4.22. The highest BCUT2D eigenvalue weighted by Gasteiger charge is 2.27. The Morgan fingerprint density at radius 1 is 1.30 bits per heavy atom. The summed E-state index contributed by atoms with van der Waals surface area (Å²) in [5.74, 6) is 0.981. The largest absolute Gasteiger partial charge is 0.491 e. The maximum atomic E-state index is 5.77. The Morgan fingerprint density at radius 2 is 2.00 bits per heavy atom. The minimum atomic E-state index is 0.233. The summed E-state index contributed by atoms with van der Waals surface area (Å²) in [5.41, 5.74) is 1.66. The molecule has 0 spiro atoms. The van der Waals surface area contributed by atoms with Crippen LogP contribution in [0.4, 0.5) is 0 Å². The molecule has 1 heterocycles. The van der Waals surface area contributed by atoms with E-state index in [0.29, 0.717) is 5.54 Å². The third-order valence-corrected chi connectivity index (χ3v) is 4.24. The Hall–Kier alpha value is -1.06. The third-order valence-electron chi connectivity index (χ3n) is 4.24. The van der Waals surface area contributed by atoms with E-state index in [4.69, 9.17) is 4.74 Å². The molecular weight excluding hydrogens is 248 g/mol. The summed E-state index contributed by atoms with van der Waals surface area (Å²) in [6.07, 6.45) is 2.66. The van der Waals surface area contributed by atoms with Gasteiger partial charge in [0.05, 0.1) is 6.10 Å². The lowest BCUT2D eigenvalue weighted by Crippen LogP contribution is -2.49. The van der Waals surface area contributed by atoms with Gasteiger partial charge in [0.15, 0.2) is 0 Å². The molecule has 0 aromatic heterocycles. The molecular formula is C17H28N2O. The van der Waals surface area contributed by atoms with Gasteiger partial charge >= 0.3 is 0 Å². The van der Waals surface area contributed by atoms with E-state index < -0.39 is 0 Å². The number of rotatable bonds is 5. The van der Waals surface area contributed by atoms with Crippen LogP contribution in [0.1, 0.15) is 39.2 Å². The van der Waals surface area contributed by atoms with E-state index >= 15 is 0 Å². The van der Waals surface area contributed by atoms with Crippen molar-refractivity contribution >= 4 is 0 Å². The van der Waals surface area contributed by atoms with Crippen LogP contribution in [-0.2, 0) is 6.54 Å². The molecule has 2 rings (SSSR count). The summed E-state index contributed by atoms with van der Waals surface area (Å²) in [7, 11) is 2.07. The van der Waals surface area contributed by atoms with Crippen molar-refractivity contribution in [3.05, 3.63) is 29.8 Å². The molecule has 0 bridgehead atoms. The van der Waals surface area contributed by atoms with Gasteiger partial charge in [0.2, 0.25) is 0 Å². The first-order valence-corrected chi connectivity index (χ1v) is 7.68. The van der Waals surface area contributed by atoms with E-state index in [2.05, 4.69) is 56.2 Å². The molecule has 0 unspecified atom stereocenters. The molecule has 1 fully saturated rings. The summed E-state index contributed by atoms with van der Waals surface area (Å²) in [6, 6.07) is 8.50. The van der Waals surface area contributed by atoms with Gasteiger partial charge in [0.1, 0.15) is 5.75 Å². The SMILES string of the molecule is CNC1(C)CCN(Cc2cccc(OC(C)C)c2)CC1. The molecule has 0 saturated carbocycles. The van der Waals surface area contributed by atoms with Crippen LogP contribution in [0, 0.1) is 0 Å². The van der Waals surface area contributed by atoms with Crippen LogP contribution >= 0.6 is 0 Å². The standard InChI is InChI=1S/C17H28N2O/c1-14(2)20-16-7-5-6-15(12-16)13-19-10-8-17(3,18-4)9-11-19/h5-7,12,14,18H,8-11,13H2,1-4H3. The van der Waals surface area contributed by atoms with Gasteiger partial charge in [0.25, 0.3) is 0 Å². The predicted molar refractivity (Wildman–Crippen MR) is 84.2 cm³/mol. The topological polar surface area (TPSA) is 24.5 Å². The second kappa shape index (κ2) is 6.59. The summed E-state index contributed by atoms with van der Waals surface area (Å²) in [4.78, 5) is 2.54. The van der Waals surface area contributed by atoms with Crippen molar-refractivity contribution in [2.45, 2.75) is 51.8 Å². The number of nitrogens with zero attached hydrogens (tertiary/aromatic N) is 1. The van der Waals surface area contributed by atoms with E-state index in [-0.39, 0.29) is 6.10 Å². The van der Waals surface area contributed by atoms with Crippen molar-refractivity contribution < 1.29 is 4.74 Å². The molecule has 1 aliphatic heterocycles. The molecule has 0 radical (unpaired) electrons. The van der Waals surface area contributed by atoms with Gasteiger partial charge in [-0.3, -0.25) is 4.90 Å². The van der Waals surface area contributed by atoms with Crippen LogP contribution in [0.15, 0.2) is 24.3 Å². The number of piperidine rings is 1. The Balaban J connectivity index is 1.91. The van der Waals surface area contributed by atoms with E-state index in [1.54, 1.807) is 0 Å². The van der Waals surface area contributed by atoms with Crippen molar-refractivity contribution in [3.8, 4) is 5.75 Å². The molecule has 112 valence electrons. The van der Waals surface area contributed by atoms with Gasteiger partial charge in [-0.15, -0.1) is 0 Å². The maximum Gasteiger partial charge on any atom is 0.120 e. The highest BCUT2D eigenvalue weighted by molar-refractivity contribution is 5.28. The van der Waals surface area contributed by atoms with Gasteiger partial charge in [-0.2, -0.15) is 0 Å². The number of hydrogen-bond donors (Lipinski definition) is 1. The fraction of sp³-hybridized carbons (Fsp3) is 0.647. The molecule has 1 aromatic rings. The highest BCUT2D eigenvalue weighted by Crippen LogP contribution is 2.23. The smallest absolute Gasteiger partial charge is 0.120 e. The minimum absolute atomic E-state index is 0.233. The first-order valence-electron chi connectivity index (χ1n) is 7.68. The van der Waals surface area contributed by atoms with Gasteiger partial charge in [-0.25, -0.2) is 0 Å². The Bertz CT molecular complexity index is 423. The first kappa shape index (κ1) is 15.3. The van der Waals surface area contributed by atoms with Crippen molar-refractivity contribution in [2.24, 2.45) is 0 Å². The van der Waals surface area contributed by atoms with Gasteiger partial charge in [-0.05, 0) is 58.4 Å². The van der Waals surface area contributed by atoms with E-state index in [0.717, 1.165) is 25.4 Å². The van der Waals surface area contributed by atoms with E-state index in [1.807, 2.05) is 6.07 Å². The average molecular weight is 276 g/mol. The normalized spacial score (nSPS) is 19.2.